The predicted octanol–water partition coefficient (Wildman–Crippen LogP) is 4.97. The summed E-state index contributed by atoms with van der Waals surface area (Å²) in [6, 6.07) is 20.1. The topological polar surface area (TPSA) is 78.5 Å². The van der Waals surface area contributed by atoms with Gasteiger partial charge in [0.15, 0.2) is 0 Å². The summed E-state index contributed by atoms with van der Waals surface area (Å²) in [7, 11) is 0. The third-order valence-corrected chi connectivity index (χ3v) is 5.48. The van der Waals surface area contributed by atoms with Crippen LogP contribution in [0.1, 0.15) is 29.2 Å². The van der Waals surface area contributed by atoms with E-state index >= 15 is 0 Å². The number of benzene rings is 3. The Bertz CT molecular complexity index is 1310. The average molecular weight is 440 g/mol. The fourth-order valence-corrected chi connectivity index (χ4v) is 3.93. The molecular formula is C27H25N3O3. The van der Waals surface area contributed by atoms with Crippen molar-refractivity contribution in [2.45, 2.75) is 27.7 Å². The van der Waals surface area contributed by atoms with E-state index in [2.05, 4.69) is 10.6 Å². The van der Waals surface area contributed by atoms with E-state index in [1.54, 1.807) is 30.3 Å². The van der Waals surface area contributed by atoms with Gasteiger partial charge in [-0.15, -0.1) is 0 Å². The Labute approximate surface area is 192 Å². The van der Waals surface area contributed by atoms with Crippen LogP contribution in [0, 0.1) is 20.8 Å². The number of amides is 3. The lowest BCUT2D eigenvalue weighted by Gasteiger charge is -2.16. The number of imide groups is 1. The first-order valence-corrected chi connectivity index (χ1v) is 10.7. The second kappa shape index (κ2) is 8.74. The van der Waals surface area contributed by atoms with Crippen LogP contribution in [0.4, 0.5) is 17.1 Å². The van der Waals surface area contributed by atoms with Crippen molar-refractivity contribution >= 4 is 40.4 Å². The van der Waals surface area contributed by atoms with Gasteiger partial charge in [0.05, 0.1) is 11.3 Å². The van der Waals surface area contributed by atoms with Crippen molar-refractivity contribution in [2.75, 3.05) is 15.5 Å². The maximum absolute atomic E-state index is 13.6. The van der Waals surface area contributed by atoms with Gasteiger partial charge in [0, 0.05) is 18.3 Å². The van der Waals surface area contributed by atoms with E-state index in [1.807, 2.05) is 57.2 Å². The Morgan fingerprint density at radius 3 is 2.15 bits per heavy atom. The van der Waals surface area contributed by atoms with Crippen LogP contribution >= 0.6 is 0 Å². The number of nitrogens with zero attached hydrogens (tertiary/aromatic N) is 1. The minimum Gasteiger partial charge on any atom is -0.350 e. The van der Waals surface area contributed by atoms with Crippen molar-refractivity contribution in [3.63, 3.8) is 0 Å². The molecular weight excluding hydrogens is 414 g/mol. The van der Waals surface area contributed by atoms with Crippen molar-refractivity contribution in [3.05, 3.63) is 94.7 Å². The highest BCUT2D eigenvalue weighted by molar-refractivity contribution is 6.46. The molecule has 0 aliphatic carbocycles. The van der Waals surface area contributed by atoms with Crippen molar-refractivity contribution in [1.82, 2.24) is 0 Å². The van der Waals surface area contributed by atoms with E-state index < -0.39 is 11.8 Å². The number of hydrogen-bond acceptors (Lipinski definition) is 4. The van der Waals surface area contributed by atoms with Gasteiger partial charge in [-0.2, -0.15) is 0 Å². The van der Waals surface area contributed by atoms with E-state index in [0.717, 1.165) is 22.4 Å². The molecule has 3 aromatic carbocycles. The molecule has 3 aromatic rings. The van der Waals surface area contributed by atoms with Crippen LogP contribution in [0.2, 0.25) is 0 Å². The van der Waals surface area contributed by atoms with E-state index in [0.29, 0.717) is 16.9 Å². The summed E-state index contributed by atoms with van der Waals surface area (Å²) in [5, 5.41) is 5.94. The second-order valence-corrected chi connectivity index (χ2v) is 8.24. The van der Waals surface area contributed by atoms with Gasteiger partial charge in [0.2, 0.25) is 5.91 Å². The minimum atomic E-state index is -0.411. The Kier molecular flexibility index (Phi) is 5.84. The van der Waals surface area contributed by atoms with Crippen molar-refractivity contribution in [2.24, 2.45) is 0 Å². The number of anilines is 3. The van der Waals surface area contributed by atoms with Gasteiger partial charge in [-0.3, -0.25) is 14.4 Å². The van der Waals surface area contributed by atoms with E-state index in [1.165, 1.54) is 11.8 Å². The molecule has 4 rings (SSSR count). The summed E-state index contributed by atoms with van der Waals surface area (Å²) >= 11 is 0. The quantitative estimate of drug-likeness (QED) is 0.551. The number of hydrogen-bond donors (Lipinski definition) is 2. The van der Waals surface area contributed by atoms with Crippen molar-refractivity contribution in [3.8, 4) is 0 Å². The van der Waals surface area contributed by atoms with Crippen LogP contribution in [-0.2, 0) is 14.4 Å². The molecule has 0 atom stereocenters. The van der Waals surface area contributed by atoms with Gasteiger partial charge in [-0.25, -0.2) is 4.90 Å². The maximum atomic E-state index is 13.6. The molecule has 0 bridgehead atoms. The third kappa shape index (κ3) is 4.41. The van der Waals surface area contributed by atoms with Crippen LogP contribution in [0.3, 0.4) is 0 Å². The standard InChI is InChI=1S/C27H25N3O3/c1-16-6-5-7-22(15-16)30-26(32)24(20-9-11-21(12-10-20)28-19(4)31)25(27(30)33)29-23-13-8-17(2)14-18(23)3/h5-15,29H,1-4H3,(H,28,31). The highest BCUT2D eigenvalue weighted by Crippen LogP contribution is 2.35. The summed E-state index contributed by atoms with van der Waals surface area (Å²) in [6.07, 6.45) is 0. The van der Waals surface area contributed by atoms with Gasteiger partial charge in [-0.05, 0) is 67.8 Å². The number of aryl methyl sites for hydroxylation is 3. The highest BCUT2D eigenvalue weighted by Gasteiger charge is 2.40. The monoisotopic (exact) mass is 439 g/mol. The molecule has 166 valence electrons. The van der Waals surface area contributed by atoms with Crippen LogP contribution < -0.4 is 15.5 Å². The summed E-state index contributed by atoms with van der Waals surface area (Å²) in [4.78, 5) is 39.7. The smallest absolute Gasteiger partial charge is 0.282 e. The zero-order valence-electron chi connectivity index (χ0n) is 19.0. The van der Waals surface area contributed by atoms with Gasteiger partial charge in [0.25, 0.3) is 11.8 Å². The molecule has 3 amide bonds. The Morgan fingerprint density at radius 2 is 1.52 bits per heavy atom. The molecule has 33 heavy (non-hydrogen) atoms. The van der Waals surface area contributed by atoms with Crippen LogP contribution in [0.15, 0.2) is 72.4 Å². The average Bonchev–Trinajstić information content (AvgIpc) is 3.00. The lowest BCUT2D eigenvalue weighted by Crippen LogP contribution is -2.32. The van der Waals surface area contributed by atoms with Crippen molar-refractivity contribution in [1.29, 1.82) is 0 Å². The fourth-order valence-electron chi connectivity index (χ4n) is 3.93. The number of nitrogens with one attached hydrogen (secondary N) is 2. The van der Waals surface area contributed by atoms with Gasteiger partial charge in [0.1, 0.15) is 5.70 Å². The molecule has 0 aromatic heterocycles. The molecule has 1 aliphatic heterocycles. The number of rotatable bonds is 5. The van der Waals surface area contributed by atoms with E-state index in [-0.39, 0.29) is 17.2 Å². The predicted molar refractivity (Wildman–Crippen MR) is 131 cm³/mol. The Morgan fingerprint density at radius 1 is 0.818 bits per heavy atom. The summed E-state index contributed by atoms with van der Waals surface area (Å²) in [5.41, 5.74) is 6.02. The first kappa shape index (κ1) is 22.0. The largest absolute Gasteiger partial charge is 0.350 e. The summed E-state index contributed by atoms with van der Waals surface area (Å²) in [6.45, 7) is 7.30. The van der Waals surface area contributed by atoms with Crippen LogP contribution in [0.25, 0.3) is 5.57 Å². The molecule has 1 heterocycles. The zero-order valence-corrected chi connectivity index (χ0v) is 19.0. The molecule has 6 nitrogen and oxygen atoms in total. The first-order chi connectivity index (χ1) is 15.7. The van der Waals surface area contributed by atoms with E-state index in [9.17, 15) is 14.4 Å². The molecule has 6 heteroatoms. The lowest BCUT2D eigenvalue weighted by molar-refractivity contribution is -0.120. The highest BCUT2D eigenvalue weighted by atomic mass is 16.2. The summed E-state index contributed by atoms with van der Waals surface area (Å²) in [5.74, 6) is -0.992. The summed E-state index contributed by atoms with van der Waals surface area (Å²) < 4.78 is 0. The maximum Gasteiger partial charge on any atom is 0.282 e. The van der Waals surface area contributed by atoms with Gasteiger partial charge >= 0.3 is 0 Å². The molecule has 0 spiro atoms. The fraction of sp³-hybridized carbons (Fsp3) is 0.148. The Balaban J connectivity index is 1.81. The van der Waals surface area contributed by atoms with E-state index in [4.69, 9.17) is 0 Å². The van der Waals surface area contributed by atoms with Gasteiger partial charge in [-0.1, -0.05) is 42.0 Å². The molecule has 0 saturated heterocycles. The SMILES string of the molecule is CC(=O)Nc1ccc(C2=C(Nc3ccc(C)cc3C)C(=O)N(c3cccc(C)c3)C2=O)cc1. The lowest BCUT2D eigenvalue weighted by atomic mass is 10.0. The first-order valence-electron chi connectivity index (χ1n) is 10.7. The molecule has 2 N–H and O–H groups in total. The molecule has 0 radical (unpaired) electrons. The van der Waals surface area contributed by atoms with Crippen molar-refractivity contribution < 1.29 is 14.4 Å². The van der Waals surface area contributed by atoms with Crippen LogP contribution in [-0.4, -0.2) is 17.7 Å². The molecule has 0 saturated carbocycles. The third-order valence-electron chi connectivity index (χ3n) is 5.48. The minimum absolute atomic E-state index is 0.183. The Hall–Kier alpha value is -4.19. The molecule has 0 fully saturated rings. The number of carbonyl (C=O) groups excluding carboxylic acids is 3. The zero-order chi connectivity index (χ0) is 23.7. The normalized spacial score (nSPS) is 13.5. The molecule has 0 unspecified atom stereocenters. The number of carbonyl (C=O) groups is 3. The second-order valence-electron chi connectivity index (χ2n) is 8.24. The molecule has 1 aliphatic rings. The van der Waals surface area contributed by atoms with Crippen LogP contribution in [0.5, 0.6) is 0 Å². The van der Waals surface area contributed by atoms with Gasteiger partial charge < -0.3 is 10.6 Å².